The molecule has 1 fully saturated rings. The number of anilines is 1. The summed E-state index contributed by atoms with van der Waals surface area (Å²) in [6.45, 7) is -0.972. The van der Waals surface area contributed by atoms with Gasteiger partial charge in [0.25, 0.3) is 0 Å². The van der Waals surface area contributed by atoms with E-state index in [4.69, 9.17) is 15.4 Å². The third-order valence-corrected chi connectivity index (χ3v) is 9.61. The van der Waals surface area contributed by atoms with Crippen LogP contribution < -0.4 is 5.73 Å². The summed E-state index contributed by atoms with van der Waals surface area (Å²) in [4.78, 5) is 43.1. The number of aliphatic hydroxyl groups excluding tert-OH is 2. The minimum absolute atomic E-state index is 0.121. The van der Waals surface area contributed by atoms with Gasteiger partial charge in [-0.1, -0.05) is 0 Å². The minimum Gasteiger partial charge on any atom is -0.387 e. The summed E-state index contributed by atoms with van der Waals surface area (Å²) < 4.78 is 51.5. The first kappa shape index (κ1) is 26.7. The Labute approximate surface area is 196 Å². The number of ether oxygens (including phenoxy) is 1. The first-order valence-electron chi connectivity index (χ1n) is 8.33. The standard InChI is InChI=1S/C11H15IN5O13P3/c12-11(7-2-1-5-10(13)14-4-15-17(5)7)9(19)8(18)6(28-11)3-27-32(23,24)30-33(25,26)29-31(21,22)16-20/h1-2,4,6,8-9,18-19H,3H2,(H,21,22)(H,23,24)(H,25,26)(H2,13,14,15)/t6-,8-,9-,11+/m1/s1. The molecule has 7 atom stereocenters. The van der Waals surface area contributed by atoms with Gasteiger partial charge in [0, 0.05) is 4.95 Å². The van der Waals surface area contributed by atoms with Crippen LogP contribution in [-0.4, -0.2) is 64.4 Å². The van der Waals surface area contributed by atoms with Crippen LogP contribution in [0.4, 0.5) is 5.82 Å². The lowest BCUT2D eigenvalue weighted by Crippen LogP contribution is -2.37. The fourth-order valence-corrected chi connectivity index (χ4v) is 7.08. The number of rotatable bonds is 9. The van der Waals surface area contributed by atoms with E-state index in [9.17, 15) is 38.6 Å². The first-order valence-corrected chi connectivity index (χ1v) is 13.9. The molecule has 18 nitrogen and oxygen atoms in total. The Kier molecular flexibility index (Phi) is 7.49. The van der Waals surface area contributed by atoms with Crippen LogP contribution in [0.3, 0.4) is 0 Å². The number of alkyl halides is 1. The maximum atomic E-state index is 11.9. The van der Waals surface area contributed by atoms with Gasteiger partial charge < -0.3 is 35.4 Å². The third-order valence-electron chi connectivity index (χ3n) is 4.16. The van der Waals surface area contributed by atoms with Gasteiger partial charge in [-0.2, -0.15) is 13.7 Å². The molecule has 0 aromatic carbocycles. The normalized spacial score (nSPS) is 31.0. The molecule has 3 rings (SSSR count). The fraction of sp³-hybridized carbons (Fsp3) is 0.455. The van der Waals surface area contributed by atoms with E-state index in [1.54, 1.807) is 27.5 Å². The van der Waals surface area contributed by atoms with E-state index in [1.807, 2.05) is 0 Å². The average molecular weight is 645 g/mol. The number of fused-ring (bicyclic) bond motifs is 1. The van der Waals surface area contributed by atoms with E-state index < -0.39 is 51.9 Å². The van der Waals surface area contributed by atoms with Gasteiger partial charge in [0.1, 0.15) is 30.2 Å². The number of nitrogens with zero attached hydrogens (tertiary/aromatic N) is 4. The van der Waals surface area contributed by atoms with Gasteiger partial charge >= 0.3 is 23.4 Å². The zero-order valence-corrected chi connectivity index (χ0v) is 20.6. The van der Waals surface area contributed by atoms with Crippen molar-refractivity contribution in [2.24, 2.45) is 4.95 Å². The number of halogens is 1. The van der Waals surface area contributed by atoms with Crippen LogP contribution in [0, 0.1) is 4.91 Å². The third kappa shape index (κ3) is 5.67. The second-order valence-corrected chi connectivity index (χ2v) is 12.6. The van der Waals surface area contributed by atoms with Crippen molar-refractivity contribution in [2.75, 3.05) is 12.3 Å². The molecule has 7 N–H and O–H groups in total. The van der Waals surface area contributed by atoms with Crippen molar-refractivity contribution in [3.63, 3.8) is 0 Å². The van der Waals surface area contributed by atoms with E-state index in [0.29, 0.717) is 5.52 Å². The van der Waals surface area contributed by atoms with E-state index in [0.717, 1.165) is 6.33 Å². The highest BCUT2D eigenvalue weighted by atomic mass is 127. The van der Waals surface area contributed by atoms with Crippen LogP contribution in [0.15, 0.2) is 23.4 Å². The smallest absolute Gasteiger partial charge is 0.387 e. The first-order chi connectivity index (χ1) is 15.1. The number of aliphatic hydroxyl groups is 2. The zero-order valence-electron chi connectivity index (χ0n) is 15.8. The number of phosphoric ester groups is 1. The number of nitroso groups, excluding NO2 is 1. The SMILES string of the molecule is Nc1ncnn2c([C@]3(I)O[C@H](COP(=O)(O)OP(=O)(O)OP(=O)(O)N=O)[C@@H](O)[C@H]3O)ccc12. The Balaban J connectivity index is 1.74. The van der Waals surface area contributed by atoms with Crippen molar-refractivity contribution < 1.29 is 56.5 Å². The van der Waals surface area contributed by atoms with Gasteiger partial charge in [-0.25, -0.2) is 23.2 Å². The predicted octanol–water partition coefficient (Wildman–Crippen LogP) is 0.137. The van der Waals surface area contributed by atoms with Gasteiger partial charge in [0.05, 0.1) is 12.3 Å². The Morgan fingerprint density at radius 1 is 1.21 bits per heavy atom. The molecule has 3 unspecified atom stereocenters. The Morgan fingerprint density at radius 3 is 2.52 bits per heavy atom. The van der Waals surface area contributed by atoms with Crippen molar-refractivity contribution in [1.82, 2.24) is 14.6 Å². The molecule has 0 saturated carbocycles. The maximum Gasteiger partial charge on any atom is 0.496 e. The van der Waals surface area contributed by atoms with Crippen molar-refractivity contribution >= 4 is 57.3 Å². The van der Waals surface area contributed by atoms with E-state index >= 15 is 0 Å². The van der Waals surface area contributed by atoms with Crippen molar-refractivity contribution in [1.29, 1.82) is 0 Å². The number of nitrogens with two attached hydrogens (primary N) is 1. The second-order valence-electron chi connectivity index (χ2n) is 6.37. The molecule has 33 heavy (non-hydrogen) atoms. The van der Waals surface area contributed by atoms with Gasteiger partial charge in [-0.05, 0) is 34.7 Å². The Morgan fingerprint density at radius 2 is 1.88 bits per heavy atom. The molecule has 0 bridgehead atoms. The lowest BCUT2D eigenvalue weighted by atomic mass is 10.1. The number of hydrogen-bond acceptors (Lipinski definition) is 13. The summed E-state index contributed by atoms with van der Waals surface area (Å²) in [6, 6.07) is 3.01. The highest BCUT2D eigenvalue weighted by Gasteiger charge is 2.56. The van der Waals surface area contributed by atoms with Crippen LogP contribution >= 0.6 is 46.0 Å². The Hall–Kier alpha value is -0.920. The average Bonchev–Trinajstić information content (AvgIpc) is 3.22. The van der Waals surface area contributed by atoms with Crippen LogP contribution in [0.1, 0.15) is 5.69 Å². The van der Waals surface area contributed by atoms with Gasteiger partial charge in [0.2, 0.25) is 0 Å². The van der Waals surface area contributed by atoms with Crippen molar-refractivity contribution in [3.05, 3.63) is 29.1 Å². The lowest BCUT2D eigenvalue weighted by Gasteiger charge is -2.25. The fourth-order valence-electron chi connectivity index (χ4n) is 2.82. The molecule has 22 heteroatoms. The number of aromatic nitrogens is 3. The number of phosphoric acid groups is 2. The van der Waals surface area contributed by atoms with Gasteiger partial charge in [0.15, 0.2) is 9.43 Å². The largest absolute Gasteiger partial charge is 0.496 e. The van der Waals surface area contributed by atoms with E-state index in [-0.39, 0.29) is 11.5 Å². The van der Waals surface area contributed by atoms with Crippen molar-refractivity contribution in [2.45, 2.75) is 21.9 Å². The summed E-state index contributed by atoms with van der Waals surface area (Å²) in [6.07, 6.45) is -3.65. The molecule has 2 aromatic rings. The zero-order chi connectivity index (χ0) is 24.8. The molecule has 1 aliphatic heterocycles. The highest BCUT2D eigenvalue weighted by Crippen LogP contribution is 2.67. The minimum atomic E-state index is -5.77. The molecule has 3 heterocycles. The molecular weight excluding hydrogens is 630 g/mol. The van der Waals surface area contributed by atoms with E-state index in [2.05, 4.69) is 23.2 Å². The van der Waals surface area contributed by atoms with Crippen LogP contribution in [-0.2, 0) is 35.2 Å². The molecule has 0 radical (unpaired) electrons. The summed E-state index contributed by atoms with van der Waals surface area (Å²) in [7, 11) is -16.7. The molecule has 1 saturated heterocycles. The van der Waals surface area contributed by atoms with Gasteiger partial charge in [-0.3, -0.25) is 4.52 Å². The quantitative estimate of drug-likeness (QED) is 0.0915. The van der Waals surface area contributed by atoms with Gasteiger partial charge in [-0.15, -0.1) is 4.91 Å². The predicted molar refractivity (Wildman–Crippen MR) is 113 cm³/mol. The molecule has 0 spiro atoms. The van der Waals surface area contributed by atoms with E-state index in [1.165, 1.54) is 16.6 Å². The monoisotopic (exact) mass is 645 g/mol. The van der Waals surface area contributed by atoms with Crippen LogP contribution in [0.25, 0.3) is 5.52 Å². The molecule has 1 aliphatic rings. The molecule has 0 amide bonds. The van der Waals surface area contributed by atoms with Crippen molar-refractivity contribution in [3.8, 4) is 0 Å². The summed E-state index contributed by atoms with van der Waals surface area (Å²) in [5.74, 6) is 0.121. The summed E-state index contributed by atoms with van der Waals surface area (Å²) >= 11 is 1.67. The molecular formula is C11H15IN5O13P3. The highest BCUT2D eigenvalue weighted by molar-refractivity contribution is 14.1. The van der Waals surface area contributed by atoms with Crippen LogP contribution in [0.5, 0.6) is 0 Å². The maximum absolute atomic E-state index is 11.9. The molecule has 184 valence electrons. The second kappa shape index (κ2) is 9.27. The molecule has 2 aromatic heterocycles. The summed E-state index contributed by atoms with van der Waals surface area (Å²) in [5.41, 5.74) is 6.35. The Bertz CT molecular complexity index is 1210. The molecule has 0 aliphatic carbocycles. The van der Waals surface area contributed by atoms with Crippen LogP contribution in [0.2, 0.25) is 0 Å². The number of nitrogen functional groups attached to an aromatic ring is 1. The topological polar surface area (TPSA) is 275 Å². The number of hydrogen-bond donors (Lipinski definition) is 6. The summed E-state index contributed by atoms with van der Waals surface area (Å²) in [5, 5.41) is 24.9. The lowest BCUT2D eigenvalue weighted by molar-refractivity contribution is -0.0322.